The molecule has 0 bridgehead atoms. The maximum absolute atomic E-state index is 12.2. The van der Waals surface area contributed by atoms with Crippen molar-refractivity contribution in [1.29, 1.82) is 0 Å². The zero-order chi connectivity index (χ0) is 16.9. The second-order valence-electron chi connectivity index (χ2n) is 6.07. The summed E-state index contributed by atoms with van der Waals surface area (Å²) in [5, 5.41) is 4.19. The number of ether oxygens (including phenoxy) is 1. The molecule has 1 heterocycles. The molecule has 128 valence electrons. The van der Waals surface area contributed by atoms with Crippen LogP contribution in [0, 0.1) is 0 Å². The molecule has 24 heavy (non-hydrogen) atoms. The number of thiophene rings is 1. The molecule has 0 atom stereocenters. The van der Waals surface area contributed by atoms with Crippen molar-refractivity contribution in [2.75, 3.05) is 6.61 Å². The Morgan fingerprint density at radius 2 is 1.88 bits per heavy atom. The SMILES string of the molecule is O=C(COC(=O)c1sc2ccccc2c1Cl)NC1CCCCCC1. The van der Waals surface area contributed by atoms with E-state index >= 15 is 0 Å². The average Bonchev–Trinajstić information content (AvgIpc) is 2.75. The Labute approximate surface area is 150 Å². The molecule has 1 aliphatic carbocycles. The Bertz CT molecular complexity index is 735. The van der Waals surface area contributed by atoms with Crippen LogP contribution in [0.2, 0.25) is 5.02 Å². The number of rotatable bonds is 4. The fourth-order valence-corrected chi connectivity index (χ4v) is 4.44. The highest BCUT2D eigenvalue weighted by molar-refractivity contribution is 7.21. The van der Waals surface area contributed by atoms with E-state index in [0.717, 1.165) is 35.8 Å². The summed E-state index contributed by atoms with van der Waals surface area (Å²) in [6.07, 6.45) is 6.74. The molecule has 0 saturated heterocycles. The number of amides is 1. The average molecular weight is 366 g/mol. The Morgan fingerprint density at radius 1 is 1.17 bits per heavy atom. The minimum absolute atomic E-state index is 0.201. The molecule has 1 aromatic heterocycles. The number of halogens is 1. The van der Waals surface area contributed by atoms with Gasteiger partial charge in [-0.3, -0.25) is 4.79 Å². The standard InChI is InChI=1S/C18H20ClNO3S/c19-16-13-9-5-6-10-14(13)24-17(16)18(22)23-11-15(21)20-12-7-3-1-2-4-8-12/h5-6,9-10,12H,1-4,7-8,11H2,(H,20,21). The van der Waals surface area contributed by atoms with Crippen LogP contribution in [0.25, 0.3) is 10.1 Å². The Balaban J connectivity index is 1.56. The van der Waals surface area contributed by atoms with Gasteiger partial charge in [0.1, 0.15) is 4.88 Å². The smallest absolute Gasteiger partial charge is 0.350 e. The van der Waals surface area contributed by atoms with E-state index < -0.39 is 5.97 Å². The third kappa shape index (κ3) is 4.08. The topological polar surface area (TPSA) is 55.4 Å². The molecular formula is C18H20ClNO3S. The fraction of sp³-hybridized carbons (Fsp3) is 0.444. The van der Waals surface area contributed by atoms with Crippen molar-refractivity contribution in [3.8, 4) is 0 Å². The predicted octanol–water partition coefficient (Wildman–Crippen LogP) is 4.55. The second-order valence-corrected chi connectivity index (χ2v) is 7.50. The van der Waals surface area contributed by atoms with Gasteiger partial charge in [-0.05, 0) is 18.9 Å². The zero-order valence-corrected chi connectivity index (χ0v) is 14.9. The maximum Gasteiger partial charge on any atom is 0.350 e. The quantitative estimate of drug-likeness (QED) is 0.638. The van der Waals surface area contributed by atoms with Crippen molar-refractivity contribution in [2.24, 2.45) is 0 Å². The number of esters is 1. The number of carbonyl (C=O) groups excluding carboxylic acids is 2. The van der Waals surface area contributed by atoms with Crippen molar-refractivity contribution < 1.29 is 14.3 Å². The van der Waals surface area contributed by atoms with E-state index in [1.54, 1.807) is 0 Å². The molecule has 1 N–H and O–H groups in total. The molecule has 1 amide bonds. The lowest BCUT2D eigenvalue weighted by molar-refractivity contribution is -0.125. The third-order valence-corrected chi connectivity index (χ3v) is 5.93. The minimum Gasteiger partial charge on any atom is -0.451 e. The van der Waals surface area contributed by atoms with Crippen molar-refractivity contribution in [3.63, 3.8) is 0 Å². The molecule has 3 rings (SSSR count). The van der Waals surface area contributed by atoms with Crippen LogP contribution in [0.5, 0.6) is 0 Å². The fourth-order valence-electron chi connectivity index (χ4n) is 3.04. The van der Waals surface area contributed by atoms with Gasteiger partial charge in [0.15, 0.2) is 6.61 Å². The summed E-state index contributed by atoms with van der Waals surface area (Å²) in [4.78, 5) is 24.6. The van der Waals surface area contributed by atoms with Crippen LogP contribution in [-0.2, 0) is 9.53 Å². The molecule has 0 unspecified atom stereocenters. The van der Waals surface area contributed by atoms with E-state index in [4.69, 9.17) is 16.3 Å². The highest BCUT2D eigenvalue weighted by Gasteiger charge is 2.20. The second kappa shape index (κ2) is 7.99. The van der Waals surface area contributed by atoms with Crippen molar-refractivity contribution in [1.82, 2.24) is 5.32 Å². The largest absolute Gasteiger partial charge is 0.451 e. The van der Waals surface area contributed by atoms with Crippen LogP contribution < -0.4 is 5.32 Å². The lowest BCUT2D eigenvalue weighted by Gasteiger charge is -2.15. The third-order valence-electron chi connectivity index (χ3n) is 4.27. The van der Waals surface area contributed by atoms with Gasteiger partial charge in [-0.15, -0.1) is 11.3 Å². The number of fused-ring (bicyclic) bond motifs is 1. The van der Waals surface area contributed by atoms with Gasteiger partial charge in [0.2, 0.25) is 0 Å². The van der Waals surface area contributed by atoms with Gasteiger partial charge in [0, 0.05) is 16.1 Å². The molecule has 6 heteroatoms. The summed E-state index contributed by atoms with van der Waals surface area (Å²) >= 11 is 7.53. The van der Waals surface area contributed by atoms with Crippen molar-refractivity contribution >= 4 is 44.9 Å². The van der Waals surface area contributed by atoms with E-state index in [0.29, 0.717) is 9.90 Å². The van der Waals surface area contributed by atoms with Gasteiger partial charge < -0.3 is 10.1 Å². The van der Waals surface area contributed by atoms with Crippen molar-refractivity contribution in [3.05, 3.63) is 34.2 Å². The van der Waals surface area contributed by atoms with Crippen LogP contribution >= 0.6 is 22.9 Å². The van der Waals surface area contributed by atoms with Crippen LogP contribution in [-0.4, -0.2) is 24.5 Å². The van der Waals surface area contributed by atoms with Gasteiger partial charge in [0.05, 0.1) is 5.02 Å². The van der Waals surface area contributed by atoms with Crippen molar-refractivity contribution in [2.45, 2.75) is 44.6 Å². The number of hydrogen-bond acceptors (Lipinski definition) is 4. The van der Waals surface area contributed by atoms with E-state index in [1.165, 1.54) is 24.2 Å². The van der Waals surface area contributed by atoms with Gasteiger partial charge >= 0.3 is 5.97 Å². The summed E-state index contributed by atoms with van der Waals surface area (Å²) in [5.74, 6) is -0.787. The molecule has 0 aliphatic heterocycles. The number of carbonyl (C=O) groups is 2. The Morgan fingerprint density at radius 3 is 2.58 bits per heavy atom. The summed E-state index contributed by atoms with van der Waals surface area (Å²) in [6, 6.07) is 7.73. The summed E-state index contributed by atoms with van der Waals surface area (Å²) < 4.78 is 6.08. The Kier molecular flexibility index (Phi) is 5.74. The van der Waals surface area contributed by atoms with E-state index in [1.807, 2.05) is 24.3 Å². The summed E-state index contributed by atoms with van der Waals surface area (Å²) in [6.45, 7) is -0.264. The molecule has 1 fully saturated rings. The molecule has 1 aliphatic rings. The van der Waals surface area contributed by atoms with E-state index in [-0.39, 0.29) is 18.6 Å². The van der Waals surface area contributed by atoms with Crippen LogP contribution in [0.15, 0.2) is 24.3 Å². The normalized spacial score (nSPS) is 15.9. The molecule has 1 saturated carbocycles. The maximum atomic E-state index is 12.2. The Hall–Kier alpha value is -1.59. The van der Waals surface area contributed by atoms with Gasteiger partial charge in [-0.2, -0.15) is 0 Å². The number of benzene rings is 1. The molecular weight excluding hydrogens is 346 g/mol. The first-order valence-corrected chi connectivity index (χ1v) is 9.48. The van der Waals surface area contributed by atoms with E-state index in [9.17, 15) is 9.59 Å². The minimum atomic E-state index is -0.544. The van der Waals surface area contributed by atoms with Gasteiger partial charge in [0.25, 0.3) is 5.91 Å². The lowest BCUT2D eigenvalue weighted by Crippen LogP contribution is -2.37. The molecule has 0 radical (unpaired) electrons. The molecule has 0 spiro atoms. The molecule has 4 nitrogen and oxygen atoms in total. The van der Waals surface area contributed by atoms with Gasteiger partial charge in [-0.25, -0.2) is 4.79 Å². The monoisotopic (exact) mass is 365 g/mol. The number of nitrogens with one attached hydrogen (secondary N) is 1. The highest BCUT2D eigenvalue weighted by Crippen LogP contribution is 2.35. The lowest BCUT2D eigenvalue weighted by atomic mass is 10.1. The first-order valence-electron chi connectivity index (χ1n) is 8.28. The predicted molar refractivity (Wildman–Crippen MR) is 96.8 cm³/mol. The molecule has 1 aromatic carbocycles. The summed E-state index contributed by atoms with van der Waals surface area (Å²) in [5.41, 5.74) is 0. The molecule has 2 aromatic rings. The highest BCUT2D eigenvalue weighted by atomic mass is 35.5. The zero-order valence-electron chi connectivity index (χ0n) is 13.3. The van der Waals surface area contributed by atoms with Gasteiger partial charge in [-0.1, -0.05) is 55.5 Å². The summed E-state index contributed by atoms with van der Waals surface area (Å²) in [7, 11) is 0. The van der Waals surface area contributed by atoms with Crippen LogP contribution in [0.1, 0.15) is 48.2 Å². The first kappa shape index (κ1) is 17.2. The van der Waals surface area contributed by atoms with Crippen LogP contribution in [0.4, 0.5) is 0 Å². The number of hydrogen-bond donors (Lipinski definition) is 1. The van der Waals surface area contributed by atoms with E-state index in [2.05, 4.69) is 5.32 Å². The van der Waals surface area contributed by atoms with Crippen LogP contribution in [0.3, 0.4) is 0 Å². The first-order chi connectivity index (χ1) is 11.6.